The maximum atomic E-state index is 13.3. The monoisotopic (exact) mass is 279 g/mol. The predicted molar refractivity (Wildman–Crippen MR) is 66.0 cm³/mol. The van der Waals surface area contributed by atoms with Crippen molar-refractivity contribution in [1.29, 1.82) is 0 Å². The van der Waals surface area contributed by atoms with Crippen LogP contribution in [-0.2, 0) is 17.9 Å². The van der Waals surface area contributed by atoms with Crippen LogP contribution in [0.2, 0.25) is 0 Å². The summed E-state index contributed by atoms with van der Waals surface area (Å²) in [5, 5.41) is 3.89. The molecule has 0 aliphatic carbocycles. The molecule has 0 amide bonds. The Hall–Kier alpha value is -2.28. The summed E-state index contributed by atoms with van der Waals surface area (Å²) in [4.78, 5) is 4.03. The summed E-state index contributed by atoms with van der Waals surface area (Å²) in [5.41, 5.74) is 1.55. The summed E-state index contributed by atoms with van der Waals surface area (Å²) < 4.78 is 38.1. The van der Waals surface area contributed by atoms with Crippen molar-refractivity contribution in [3.8, 4) is 0 Å². The highest BCUT2D eigenvalue weighted by molar-refractivity contribution is 5.75. The van der Waals surface area contributed by atoms with E-state index in [2.05, 4.69) is 10.1 Å². The van der Waals surface area contributed by atoms with E-state index in [1.54, 1.807) is 17.7 Å². The summed E-state index contributed by atoms with van der Waals surface area (Å²) in [6.45, 7) is 0.687. The van der Waals surface area contributed by atoms with E-state index in [0.29, 0.717) is 35.6 Å². The third-order valence-corrected chi connectivity index (χ3v) is 2.89. The second kappa shape index (κ2) is 5.01. The normalized spacial score (nSPS) is 11.3. The second-order valence-corrected chi connectivity index (χ2v) is 4.35. The van der Waals surface area contributed by atoms with Gasteiger partial charge in [0.05, 0.1) is 23.9 Å². The maximum Gasteiger partial charge on any atom is 0.162 e. The number of halogens is 2. The molecule has 0 N–H and O–H groups in total. The topological polar surface area (TPSA) is 53.1 Å². The van der Waals surface area contributed by atoms with Crippen molar-refractivity contribution in [2.45, 2.75) is 13.2 Å². The highest BCUT2D eigenvalue weighted by atomic mass is 19.2. The zero-order valence-electron chi connectivity index (χ0n) is 10.6. The molecule has 3 aromatic rings. The third kappa shape index (κ3) is 2.27. The Bertz CT molecular complexity index is 751. The number of ether oxygens (including phenoxy) is 1. The van der Waals surface area contributed by atoms with Gasteiger partial charge in [0.15, 0.2) is 17.4 Å². The molecule has 0 unspecified atom stereocenters. The molecule has 0 aliphatic rings. The van der Waals surface area contributed by atoms with Gasteiger partial charge in [-0.2, -0.15) is 0 Å². The van der Waals surface area contributed by atoms with Crippen molar-refractivity contribution in [3.63, 3.8) is 0 Å². The Morgan fingerprint density at radius 3 is 2.85 bits per heavy atom. The standard InChI is InChI=1S/C13H11F2N3O2/c1-19-6-9-2-8(17-20-9)5-18-7-16-12-3-10(14)11(15)4-13(12)18/h2-4,7H,5-6H2,1H3. The fourth-order valence-electron chi connectivity index (χ4n) is 1.99. The van der Waals surface area contributed by atoms with Gasteiger partial charge in [-0.25, -0.2) is 13.8 Å². The fourth-order valence-corrected chi connectivity index (χ4v) is 1.99. The number of hydrogen-bond acceptors (Lipinski definition) is 4. The van der Waals surface area contributed by atoms with Gasteiger partial charge in [0, 0.05) is 25.3 Å². The lowest BCUT2D eigenvalue weighted by molar-refractivity contribution is 0.155. The number of hydrogen-bond donors (Lipinski definition) is 0. The van der Waals surface area contributed by atoms with Gasteiger partial charge in [-0.3, -0.25) is 0 Å². The molecule has 20 heavy (non-hydrogen) atoms. The Kier molecular flexibility index (Phi) is 3.19. The van der Waals surface area contributed by atoms with Gasteiger partial charge in [0.1, 0.15) is 12.3 Å². The van der Waals surface area contributed by atoms with Gasteiger partial charge in [-0.1, -0.05) is 5.16 Å². The van der Waals surface area contributed by atoms with E-state index >= 15 is 0 Å². The van der Waals surface area contributed by atoms with Crippen molar-refractivity contribution >= 4 is 11.0 Å². The minimum atomic E-state index is -0.911. The van der Waals surface area contributed by atoms with Crippen LogP contribution in [0, 0.1) is 11.6 Å². The van der Waals surface area contributed by atoms with Crippen molar-refractivity contribution in [1.82, 2.24) is 14.7 Å². The first-order valence-corrected chi connectivity index (χ1v) is 5.90. The third-order valence-electron chi connectivity index (χ3n) is 2.89. The number of rotatable bonds is 4. The molecule has 0 saturated heterocycles. The number of imidazole rings is 1. The summed E-state index contributed by atoms with van der Waals surface area (Å²) in [6, 6.07) is 3.93. The number of nitrogens with zero attached hydrogens (tertiary/aromatic N) is 3. The first-order chi connectivity index (χ1) is 9.67. The lowest BCUT2D eigenvalue weighted by Gasteiger charge is -2.01. The van der Waals surface area contributed by atoms with Gasteiger partial charge in [0.2, 0.25) is 0 Å². The Morgan fingerprint density at radius 2 is 2.05 bits per heavy atom. The largest absolute Gasteiger partial charge is 0.377 e. The van der Waals surface area contributed by atoms with Crippen LogP contribution in [0.15, 0.2) is 29.0 Å². The minimum Gasteiger partial charge on any atom is -0.377 e. The smallest absolute Gasteiger partial charge is 0.162 e. The predicted octanol–water partition coefficient (Wildman–Crippen LogP) is 2.50. The molecule has 2 aromatic heterocycles. The summed E-state index contributed by atoms with van der Waals surface area (Å²) >= 11 is 0. The Morgan fingerprint density at radius 1 is 1.25 bits per heavy atom. The summed E-state index contributed by atoms with van der Waals surface area (Å²) in [7, 11) is 1.56. The number of benzene rings is 1. The van der Waals surface area contributed by atoms with Crippen molar-refractivity contribution in [3.05, 3.63) is 47.6 Å². The van der Waals surface area contributed by atoms with E-state index in [1.165, 1.54) is 6.33 Å². The van der Waals surface area contributed by atoms with Crippen LogP contribution in [0.4, 0.5) is 8.78 Å². The molecule has 0 aliphatic heterocycles. The minimum absolute atomic E-state index is 0.331. The zero-order chi connectivity index (χ0) is 14.1. The average Bonchev–Trinajstić information content (AvgIpc) is 3.00. The molecule has 5 nitrogen and oxygen atoms in total. The molecular weight excluding hydrogens is 268 g/mol. The highest BCUT2D eigenvalue weighted by Gasteiger charge is 2.11. The SMILES string of the molecule is COCc1cc(Cn2cnc3cc(F)c(F)cc32)no1. The van der Waals surface area contributed by atoms with Gasteiger partial charge >= 0.3 is 0 Å². The van der Waals surface area contributed by atoms with Crippen molar-refractivity contribution < 1.29 is 18.0 Å². The lowest BCUT2D eigenvalue weighted by Crippen LogP contribution is -1.98. The van der Waals surface area contributed by atoms with Crippen LogP contribution in [0.1, 0.15) is 11.5 Å². The van der Waals surface area contributed by atoms with Crippen LogP contribution in [0.25, 0.3) is 11.0 Å². The van der Waals surface area contributed by atoms with Crippen LogP contribution < -0.4 is 0 Å². The van der Waals surface area contributed by atoms with Gasteiger partial charge < -0.3 is 13.8 Å². The van der Waals surface area contributed by atoms with E-state index < -0.39 is 11.6 Å². The molecule has 0 bridgehead atoms. The fraction of sp³-hybridized carbons (Fsp3) is 0.231. The average molecular weight is 279 g/mol. The number of aromatic nitrogens is 3. The molecular formula is C13H11F2N3O2. The first kappa shape index (κ1) is 12.7. The lowest BCUT2D eigenvalue weighted by atomic mass is 10.3. The molecule has 2 heterocycles. The molecule has 3 rings (SSSR count). The summed E-state index contributed by atoms with van der Waals surface area (Å²) in [5.74, 6) is -1.21. The van der Waals surface area contributed by atoms with Crippen LogP contribution in [0.3, 0.4) is 0 Å². The quantitative estimate of drug-likeness (QED) is 0.736. The number of fused-ring (bicyclic) bond motifs is 1. The molecule has 0 spiro atoms. The van der Waals surface area contributed by atoms with Gasteiger partial charge in [-0.05, 0) is 0 Å². The van der Waals surface area contributed by atoms with E-state index in [4.69, 9.17) is 9.26 Å². The molecule has 0 radical (unpaired) electrons. The molecule has 7 heteroatoms. The molecule has 0 atom stereocenters. The summed E-state index contributed by atoms with van der Waals surface area (Å²) in [6.07, 6.45) is 1.51. The van der Waals surface area contributed by atoms with E-state index in [-0.39, 0.29) is 0 Å². The van der Waals surface area contributed by atoms with E-state index in [1.807, 2.05) is 0 Å². The Balaban J connectivity index is 1.92. The van der Waals surface area contributed by atoms with Crippen LogP contribution in [0.5, 0.6) is 0 Å². The molecule has 0 fully saturated rings. The molecule has 0 saturated carbocycles. The molecule has 104 valence electrons. The van der Waals surface area contributed by atoms with Gasteiger partial charge in [0.25, 0.3) is 0 Å². The maximum absolute atomic E-state index is 13.3. The highest BCUT2D eigenvalue weighted by Crippen LogP contribution is 2.18. The van der Waals surface area contributed by atoms with E-state index in [0.717, 1.165) is 12.1 Å². The van der Waals surface area contributed by atoms with Crippen molar-refractivity contribution in [2.24, 2.45) is 0 Å². The molecule has 1 aromatic carbocycles. The first-order valence-electron chi connectivity index (χ1n) is 5.90. The van der Waals surface area contributed by atoms with E-state index in [9.17, 15) is 8.78 Å². The Labute approximate surface area is 112 Å². The number of methoxy groups -OCH3 is 1. The van der Waals surface area contributed by atoms with Crippen LogP contribution in [-0.4, -0.2) is 21.8 Å². The van der Waals surface area contributed by atoms with Gasteiger partial charge in [-0.15, -0.1) is 0 Å². The zero-order valence-corrected chi connectivity index (χ0v) is 10.6. The van der Waals surface area contributed by atoms with Crippen molar-refractivity contribution in [2.75, 3.05) is 7.11 Å². The second-order valence-electron chi connectivity index (χ2n) is 4.35. The van der Waals surface area contributed by atoms with Crippen LogP contribution >= 0.6 is 0 Å².